The Hall–Kier alpha value is -1.59. The van der Waals surface area contributed by atoms with Gasteiger partial charge in [-0.3, -0.25) is 4.79 Å². The zero-order valence-corrected chi connectivity index (χ0v) is 14.8. The third-order valence-electron chi connectivity index (χ3n) is 7.61. The summed E-state index contributed by atoms with van der Waals surface area (Å²) in [4.78, 5) is 12.6. The van der Waals surface area contributed by atoms with Gasteiger partial charge in [0.15, 0.2) is 5.76 Å². The Kier molecular flexibility index (Phi) is 3.51. The van der Waals surface area contributed by atoms with Crippen molar-refractivity contribution in [3.8, 4) is 0 Å². The van der Waals surface area contributed by atoms with Crippen LogP contribution in [0.3, 0.4) is 0 Å². The second-order valence-electron chi connectivity index (χ2n) is 8.61. The molecule has 1 heterocycles. The zero-order chi connectivity index (χ0) is 18.0. The van der Waals surface area contributed by atoms with Crippen LogP contribution in [0, 0.1) is 22.7 Å². The number of carbonyl (C=O) groups is 1. The SMILES string of the molecule is CC1(CO)C(=O)C(O)=CC2(C)C1CCC1(CO)c3cocc3CCC12. The van der Waals surface area contributed by atoms with Crippen molar-refractivity contribution in [3.63, 3.8) is 0 Å². The van der Waals surface area contributed by atoms with E-state index in [-0.39, 0.29) is 36.6 Å². The number of ketones is 1. The van der Waals surface area contributed by atoms with Crippen LogP contribution >= 0.6 is 0 Å². The molecule has 4 rings (SSSR count). The van der Waals surface area contributed by atoms with E-state index >= 15 is 0 Å². The minimum Gasteiger partial charge on any atom is -0.505 e. The van der Waals surface area contributed by atoms with Crippen LogP contribution in [0.1, 0.15) is 44.2 Å². The van der Waals surface area contributed by atoms with Crippen LogP contribution in [0.2, 0.25) is 0 Å². The highest BCUT2D eigenvalue weighted by molar-refractivity contribution is 5.99. The van der Waals surface area contributed by atoms with Gasteiger partial charge in [0.1, 0.15) is 0 Å². The molecule has 0 saturated heterocycles. The lowest BCUT2D eigenvalue weighted by Crippen LogP contribution is -2.62. The van der Waals surface area contributed by atoms with Crippen molar-refractivity contribution in [3.05, 3.63) is 35.5 Å². The molecule has 0 amide bonds. The quantitative estimate of drug-likeness (QED) is 0.765. The Morgan fingerprint density at radius 2 is 1.92 bits per heavy atom. The summed E-state index contributed by atoms with van der Waals surface area (Å²) in [5, 5.41) is 30.8. The Balaban J connectivity index is 1.90. The van der Waals surface area contributed by atoms with Gasteiger partial charge in [0.2, 0.25) is 5.78 Å². The number of rotatable bonds is 2. The average Bonchev–Trinajstić information content (AvgIpc) is 3.09. The zero-order valence-electron chi connectivity index (χ0n) is 14.8. The molecule has 1 saturated carbocycles. The van der Waals surface area contributed by atoms with Gasteiger partial charge in [-0.15, -0.1) is 0 Å². The maximum Gasteiger partial charge on any atom is 0.205 e. The number of furan rings is 1. The van der Waals surface area contributed by atoms with E-state index in [1.54, 1.807) is 25.5 Å². The van der Waals surface area contributed by atoms with Crippen molar-refractivity contribution < 1.29 is 24.5 Å². The molecule has 3 aliphatic carbocycles. The van der Waals surface area contributed by atoms with Crippen LogP contribution in [0.25, 0.3) is 0 Å². The molecule has 1 aromatic rings. The number of fused-ring (bicyclic) bond motifs is 5. The molecule has 25 heavy (non-hydrogen) atoms. The minimum absolute atomic E-state index is 0.0187. The summed E-state index contributed by atoms with van der Waals surface area (Å²) in [6, 6.07) is 0. The minimum atomic E-state index is -0.980. The third-order valence-corrected chi connectivity index (χ3v) is 7.61. The lowest BCUT2D eigenvalue weighted by atomic mass is 9.41. The van der Waals surface area contributed by atoms with Crippen molar-refractivity contribution in [2.45, 2.75) is 44.9 Å². The highest BCUT2D eigenvalue weighted by atomic mass is 16.3. The lowest BCUT2D eigenvalue weighted by molar-refractivity contribution is -0.149. The molecule has 0 spiro atoms. The molecule has 0 bridgehead atoms. The van der Waals surface area contributed by atoms with E-state index in [2.05, 4.69) is 6.92 Å². The second kappa shape index (κ2) is 5.21. The number of allylic oxidation sites excluding steroid dienone is 2. The van der Waals surface area contributed by atoms with Crippen molar-refractivity contribution >= 4 is 5.78 Å². The molecule has 136 valence electrons. The van der Waals surface area contributed by atoms with Crippen LogP contribution < -0.4 is 0 Å². The monoisotopic (exact) mass is 346 g/mol. The van der Waals surface area contributed by atoms with Crippen LogP contribution in [0.4, 0.5) is 0 Å². The average molecular weight is 346 g/mol. The van der Waals surface area contributed by atoms with Gasteiger partial charge < -0.3 is 19.7 Å². The summed E-state index contributed by atoms with van der Waals surface area (Å²) in [5.41, 5.74) is 0.357. The molecule has 5 nitrogen and oxygen atoms in total. The Bertz CT molecular complexity index is 749. The maximum absolute atomic E-state index is 12.6. The first-order valence-electron chi connectivity index (χ1n) is 9.07. The van der Waals surface area contributed by atoms with Gasteiger partial charge in [-0.1, -0.05) is 6.92 Å². The summed E-state index contributed by atoms with van der Waals surface area (Å²) in [6.45, 7) is 3.58. The van der Waals surface area contributed by atoms with Gasteiger partial charge in [-0.25, -0.2) is 0 Å². The number of hydrogen-bond donors (Lipinski definition) is 3. The molecule has 5 atom stereocenters. The summed E-state index contributed by atoms with van der Waals surface area (Å²) >= 11 is 0. The number of carbonyl (C=O) groups excluding carboxylic acids is 1. The maximum atomic E-state index is 12.6. The van der Waals surface area contributed by atoms with E-state index in [0.29, 0.717) is 6.42 Å². The summed E-state index contributed by atoms with van der Waals surface area (Å²) < 4.78 is 5.44. The predicted octanol–water partition coefficient (Wildman–Crippen LogP) is 2.51. The van der Waals surface area contributed by atoms with Crippen LogP contribution in [-0.4, -0.2) is 34.3 Å². The van der Waals surface area contributed by atoms with Crippen molar-refractivity contribution in [1.29, 1.82) is 0 Å². The van der Waals surface area contributed by atoms with Gasteiger partial charge in [-0.2, -0.15) is 0 Å². The molecule has 0 radical (unpaired) electrons. The first kappa shape index (κ1) is 16.9. The molecule has 1 fully saturated rings. The largest absolute Gasteiger partial charge is 0.505 e. The van der Waals surface area contributed by atoms with Crippen molar-refractivity contribution in [2.75, 3.05) is 13.2 Å². The van der Waals surface area contributed by atoms with E-state index in [1.165, 1.54) is 0 Å². The molecule has 1 aromatic heterocycles. The third kappa shape index (κ3) is 1.88. The Labute approximate surface area is 147 Å². The van der Waals surface area contributed by atoms with Gasteiger partial charge >= 0.3 is 0 Å². The van der Waals surface area contributed by atoms with Gasteiger partial charge in [0.05, 0.1) is 31.2 Å². The molecule has 3 aliphatic rings. The first-order valence-corrected chi connectivity index (χ1v) is 9.07. The van der Waals surface area contributed by atoms with Gasteiger partial charge in [-0.05, 0) is 61.5 Å². The molecule has 0 aromatic carbocycles. The molecule has 3 N–H and O–H groups in total. The molecular formula is C20H26O5. The number of aryl methyl sites for hydroxylation is 1. The fraction of sp³-hybridized carbons (Fsp3) is 0.650. The second-order valence-corrected chi connectivity index (χ2v) is 8.61. The highest BCUT2D eigenvalue weighted by Crippen LogP contribution is 2.65. The number of Topliss-reactive ketones (excluding diaryl/α,β-unsaturated/α-hetero) is 1. The first-order chi connectivity index (χ1) is 11.8. The number of aliphatic hydroxyl groups is 3. The molecule has 5 heteroatoms. The standard InChI is InChI=1S/C20H26O5/c1-18-7-14(23)17(24)19(2,10-21)15(18)5-6-20(11-22)13-9-25-8-12(13)3-4-16(18)20/h7-9,15-16,21-23H,3-6,10-11H2,1-2H3. The lowest BCUT2D eigenvalue weighted by Gasteiger charge is -2.61. The molecular weight excluding hydrogens is 320 g/mol. The summed E-state index contributed by atoms with van der Waals surface area (Å²) in [7, 11) is 0. The van der Waals surface area contributed by atoms with Crippen LogP contribution in [0.15, 0.2) is 28.8 Å². The fourth-order valence-corrected chi connectivity index (χ4v) is 6.36. The number of aliphatic hydroxyl groups excluding tert-OH is 3. The smallest absolute Gasteiger partial charge is 0.205 e. The van der Waals surface area contributed by atoms with Gasteiger partial charge in [0.25, 0.3) is 0 Å². The van der Waals surface area contributed by atoms with Crippen molar-refractivity contribution in [2.24, 2.45) is 22.7 Å². The highest BCUT2D eigenvalue weighted by Gasteiger charge is 2.64. The Morgan fingerprint density at radius 1 is 1.16 bits per heavy atom. The van der Waals surface area contributed by atoms with E-state index in [9.17, 15) is 20.1 Å². The van der Waals surface area contributed by atoms with E-state index < -0.39 is 16.2 Å². The van der Waals surface area contributed by atoms with Crippen LogP contribution in [-0.2, 0) is 16.6 Å². The molecule has 0 aliphatic heterocycles. The topological polar surface area (TPSA) is 90.9 Å². The number of hydrogen-bond acceptors (Lipinski definition) is 5. The van der Waals surface area contributed by atoms with E-state index in [4.69, 9.17) is 4.42 Å². The van der Waals surface area contributed by atoms with Crippen molar-refractivity contribution in [1.82, 2.24) is 0 Å². The summed E-state index contributed by atoms with van der Waals surface area (Å²) in [5.74, 6) is -0.600. The van der Waals surface area contributed by atoms with E-state index in [0.717, 1.165) is 30.4 Å². The van der Waals surface area contributed by atoms with Gasteiger partial charge in [0, 0.05) is 11.0 Å². The Morgan fingerprint density at radius 3 is 2.60 bits per heavy atom. The fourth-order valence-electron chi connectivity index (χ4n) is 6.36. The van der Waals surface area contributed by atoms with E-state index in [1.807, 2.05) is 0 Å². The predicted molar refractivity (Wildman–Crippen MR) is 91.0 cm³/mol. The van der Waals surface area contributed by atoms with Crippen LogP contribution in [0.5, 0.6) is 0 Å². The molecule has 5 unspecified atom stereocenters. The summed E-state index contributed by atoms with van der Waals surface area (Å²) in [6.07, 6.45) is 8.41. The normalized spacial score (nSPS) is 43.0.